The van der Waals surface area contributed by atoms with Crippen LogP contribution in [0.2, 0.25) is 0 Å². The number of fused-ring (bicyclic) bond motifs is 1. The summed E-state index contributed by atoms with van der Waals surface area (Å²) in [5, 5.41) is 2.36. The van der Waals surface area contributed by atoms with Crippen LogP contribution in [0.4, 0.5) is 5.69 Å². The number of isothiocyanates is 1. The Balaban J connectivity index is 2.59. The standard InChI is InChI=1S/C9H6N2S3/c1-13-9-11-7-3-2-6(10-5-12)4-8(7)14-9/h2-4H,1H3. The van der Waals surface area contributed by atoms with Gasteiger partial charge >= 0.3 is 0 Å². The molecule has 2 rings (SSSR count). The predicted octanol–water partition coefficient (Wildman–Crippen LogP) is 3.75. The van der Waals surface area contributed by atoms with E-state index in [9.17, 15) is 0 Å². The lowest BCUT2D eigenvalue weighted by molar-refractivity contribution is 1.31. The van der Waals surface area contributed by atoms with Crippen LogP contribution in [0.25, 0.3) is 10.2 Å². The van der Waals surface area contributed by atoms with E-state index in [-0.39, 0.29) is 0 Å². The first-order chi connectivity index (χ1) is 6.83. The fourth-order valence-corrected chi connectivity index (χ4v) is 2.73. The van der Waals surface area contributed by atoms with Gasteiger partial charge in [-0.15, -0.1) is 11.3 Å². The summed E-state index contributed by atoms with van der Waals surface area (Å²) in [5.74, 6) is 0. The third-order valence-corrected chi connectivity index (χ3v) is 3.80. The lowest BCUT2D eigenvalue weighted by atomic mass is 10.3. The van der Waals surface area contributed by atoms with Crippen molar-refractivity contribution >= 4 is 56.4 Å². The van der Waals surface area contributed by atoms with Gasteiger partial charge in [-0.2, -0.15) is 4.99 Å². The molecule has 2 nitrogen and oxygen atoms in total. The summed E-state index contributed by atoms with van der Waals surface area (Å²) < 4.78 is 2.21. The van der Waals surface area contributed by atoms with Crippen LogP contribution in [-0.2, 0) is 0 Å². The van der Waals surface area contributed by atoms with Crippen molar-refractivity contribution in [3.05, 3.63) is 18.2 Å². The number of rotatable bonds is 2. The third-order valence-electron chi connectivity index (χ3n) is 1.70. The highest BCUT2D eigenvalue weighted by Gasteiger charge is 2.02. The van der Waals surface area contributed by atoms with Crippen LogP contribution < -0.4 is 0 Å². The summed E-state index contributed by atoms with van der Waals surface area (Å²) in [7, 11) is 0. The number of hydrogen-bond donors (Lipinski definition) is 0. The van der Waals surface area contributed by atoms with E-state index in [1.54, 1.807) is 23.1 Å². The molecule has 0 saturated carbocycles. The van der Waals surface area contributed by atoms with Crippen molar-refractivity contribution in [3.8, 4) is 0 Å². The van der Waals surface area contributed by atoms with Crippen molar-refractivity contribution < 1.29 is 0 Å². The van der Waals surface area contributed by atoms with Crippen LogP contribution >= 0.6 is 35.3 Å². The summed E-state index contributed by atoms with van der Waals surface area (Å²) in [6.07, 6.45) is 2.02. The SMILES string of the molecule is CSc1nc2ccc(N=C=S)cc2s1. The Bertz CT molecular complexity index is 512. The van der Waals surface area contributed by atoms with Crippen LogP contribution in [0.5, 0.6) is 0 Å². The smallest absolute Gasteiger partial charge is 0.150 e. The number of aromatic nitrogens is 1. The van der Waals surface area contributed by atoms with Crippen LogP contribution in [-0.4, -0.2) is 16.4 Å². The van der Waals surface area contributed by atoms with Crippen molar-refractivity contribution in [1.29, 1.82) is 0 Å². The molecule has 1 heterocycles. The largest absolute Gasteiger partial charge is 0.230 e. The van der Waals surface area contributed by atoms with Crippen molar-refractivity contribution in [2.24, 2.45) is 4.99 Å². The van der Waals surface area contributed by atoms with Gasteiger partial charge in [-0.3, -0.25) is 0 Å². The van der Waals surface area contributed by atoms with Gasteiger partial charge < -0.3 is 0 Å². The summed E-state index contributed by atoms with van der Waals surface area (Å²) >= 11 is 7.87. The van der Waals surface area contributed by atoms with Gasteiger partial charge in [0.2, 0.25) is 0 Å². The molecular weight excluding hydrogens is 232 g/mol. The summed E-state index contributed by atoms with van der Waals surface area (Å²) in [6, 6.07) is 5.83. The molecule has 5 heteroatoms. The molecule has 0 N–H and O–H groups in total. The number of thiazole rings is 1. The lowest BCUT2D eigenvalue weighted by Crippen LogP contribution is -1.67. The number of benzene rings is 1. The summed E-state index contributed by atoms with van der Waals surface area (Å²) in [4.78, 5) is 8.35. The topological polar surface area (TPSA) is 25.2 Å². The molecule has 0 fully saturated rings. The number of nitrogens with zero attached hydrogens (tertiary/aromatic N) is 2. The molecule has 0 bridgehead atoms. The predicted molar refractivity (Wildman–Crippen MR) is 66.1 cm³/mol. The Kier molecular flexibility index (Phi) is 2.93. The number of hydrogen-bond acceptors (Lipinski definition) is 5. The molecule has 14 heavy (non-hydrogen) atoms. The Hall–Kier alpha value is -0.740. The Morgan fingerprint density at radius 2 is 2.43 bits per heavy atom. The normalized spacial score (nSPS) is 10.1. The second-order valence-electron chi connectivity index (χ2n) is 2.54. The Labute approximate surface area is 95.1 Å². The molecule has 2 aromatic rings. The maximum Gasteiger partial charge on any atom is 0.150 e. The van der Waals surface area contributed by atoms with Gasteiger partial charge in [0.15, 0.2) is 4.34 Å². The number of thioether (sulfide) groups is 1. The average Bonchev–Trinajstić information content (AvgIpc) is 2.60. The van der Waals surface area contributed by atoms with Gasteiger partial charge in [0.25, 0.3) is 0 Å². The van der Waals surface area contributed by atoms with E-state index in [1.807, 2.05) is 24.5 Å². The maximum atomic E-state index is 4.55. The zero-order valence-electron chi connectivity index (χ0n) is 7.35. The molecule has 0 aliphatic carbocycles. The van der Waals surface area contributed by atoms with E-state index in [4.69, 9.17) is 0 Å². The van der Waals surface area contributed by atoms with Crippen LogP contribution in [0.3, 0.4) is 0 Å². The molecule has 0 spiro atoms. The first kappa shape index (κ1) is 9.80. The van der Waals surface area contributed by atoms with E-state index in [2.05, 4.69) is 27.4 Å². The Morgan fingerprint density at radius 1 is 1.57 bits per heavy atom. The second-order valence-corrected chi connectivity index (χ2v) is 4.81. The summed E-state index contributed by atoms with van der Waals surface area (Å²) in [5.41, 5.74) is 1.85. The molecule has 0 aliphatic heterocycles. The van der Waals surface area contributed by atoms with Crippen LogP contribution in [0, 0.1) is 0 Å². The first-order valence-corrected chi connectivity index (χ1v) is 6.31. The van der Waals surface area contributed by atoms with Gasteiger partial charge in [0, 0.05) is 0 Å². The monoisotopic (exact) mass is 238 g/mol. The highest BCUT2D eigenvalue weighted by Crippen LogP contribution is 2.30. The number of aliphatic imine (C=N–C) groups is 1. The van der Waals surface area contributed by atoms with Gasteiger partial charge in [0.1, 0.15) is 0 Å². The van der Waals surface area contributed by atoms with Gasteiger partial charge in [-0.25, -0.2) is 4.98 Å². The zero-order chi connectivity index (χ0) is 9.97. The minimum absolute atomic E-state index is 0.837. The fourth-order valence-electron chi connectivity index (χ4n) is 1.10. The van der Waals surface area contributed by atoms with Crippen LogP contribution in [0.15, 0.2) is 27.5 Å². The highest BCUT2D eigenvalue weighted by molar-refractivity contribution is 8.00. The molecule has 0 saturated heterocycles. The molecule has 0 amide bonds. The molecule has 70 valence electrons. The molecule has 0 atom stereocenters. The summed E-state index contributed by atoms with van der Waals surface area (Å²) in [6.45, 7) is 0. The lowest BCUT2D eigenvalue weighted by Gasteiger charge is -1.88. The van der Waals surface area contributed by atoms with Gasteiger partial charge in [-0.1, -0.05) is 11.8 Å². The molecule has 1 aromatic carbocycles. The van der Waals surface area contributed by atoms with E-state index < -0.39 is 0 Å². The van der Waals surface area contributed by atoms with Gasteiger partial charge in [-0.05, 0) is 36.7 Å². The van der Waals surface area contributed by atoms with Crippen molar-refractivity contribution in [3.63, 3.8) is 0 Å². The minimum atomic E-state index is 0.837. The van der Waals surface area contributed by atoms with E-state index in [1.165, 1.54) is 0 Å². The molecule has 0 aliphatic rings. The Morgan fingerprint density at radius 3 is 3.14 bits per heavy atom. The quantitative estimate of drug-likeness (QED) is 0.452. The first-order valence-electron chi connectivity index (χ1n) is 3.86. The number of thiocarbonyl (C=S) groups is 1. The second kappa shape index (κ2) is 4.19. The molecule has 1 aromatic heterocycles. The minimum Gasteiger partial charge on any atom is -0.230 e. The molecule has 0 radical (unpaired) electrons. The highest BCUT2D eigenvalue weighted by atomic mass is 32.2. The van der Waals surface area contributed by atoms with Crippen molar-refractivity contribution in [1.82, 2.24) is 4.98 Å². The molecule has 0 unspecified atom stereocenters. The van der Waals surface area contributed by atoms with Crippen molar-refractivity contribution in [2.75, 3.05) is 6.26 Å². The molecular formula is C9H6N2S3. The fraction of sp³-hybridized carbons (Fsp3) is 0.111. The van der Waals surface area contributed by atoms with Crippen LogP contribution in [0.1, 0.15) is 0 Å². The van der Waals surface area contributed by atoms with E-state index in [0.29, 0.717) is 0 Å². The van der Waals surface area contributed by atoms with E-state index in [0.717, 1.165) is 20.2 Å². The third kappa shape index (κ3) is 1.86. The average molecular weight is 238 g/mol. The maximum absolute atomic E-state index is 4.55. The van der Waals surface area contributed by atoms with Crippen molar-refractivity contribution in [2.45, 2.75) is 4.34 Å². The zero-order valence-corrected chi connectivity index (χ0v) is 9.80. The van der Waals surface area contributed by atoms with E-state index >= 15 is 0 Å². The van der Waals surface area contributed by atoms with Gasteiger partial charge in [0.05, 0.1) is 21.1 Å².